The molecule has 0 amide bonds. The van der Waals surface area contributed by atoms with Crippen LogP contribution in [-0.2, 0) is 0 Å². The molecule has 0 atom stereocenters. The molecule has 0 unspecified atom stereocenters. The summed E-state index contributed by atoms with van der Waals surface area (Å²) in [7, 11) is 0. The molecule has 3 rings (SSSR count). The largest absolute Gasteiger partial charge is 0.454 e. The van der Waals surface area contributed by atoms with Crippen LogP contribution in [0.1, 0.15) is 18.4 Å². The van der Waals surface area contributed by atoms with Gasteiger partial charge in [0.2, 0.25) is 6.79 Å². The van der Waals surface area contributed by atoms with Crippen molar-refractivity contribution in [2.24, 2.45) is 0 Å². The first-order valence-electron chi connectivity index (χ1n) is 4.52. The zero-order chi connectivity index (χ0) is 8.67. The summed E-state index contributed by atoms with van der Waals surface area (Å²) < 4.78 is 10.6. The topological polar surface area (TPSA) is 18.5 Å². The summed E-state index contributed by atoms with van der Waals surface area (Å²) in [4.78, 5) is 0. The van der Waals surface area contributed by atoms with E-state index in [0.717, 1.165) is 11.5 Å². The Morgan fingerprint density at radius 3 is 2.69 bits per heavy atom. The first kappa shape index (κ1) is 7.01. The molecular formula is C11H10O2. The Hall–Kier alpha value is -1.44. The van der Waals surface area contributed by atoms with Crippen molar-refractivity contribution in [2.45, 2.75) is 12.8 Å². The monoisotopic (exact) mass is 174 g/mol. The van der Waals surface area contributed by atoms with Crippen LogP contribution in [0.4, 0.5) is 0 Å². The molecule has 0 aromatic heterocycles. The lowest BCUT2D eigenvalue weighted by Crippen LogP contribution is -1.93. The van der Waals surface area contributed by atoms with Crippen molar-refractivity contribution in [1.29, 1.82) is 0 Å². The molecule has 1 aliphatic carbocycles. The highest BCUT2D eigenvalue weighted by Crippen LogP contribution is 2.37. The van der Waals surface area contributed by atoms with Crippen molar-refractivity contribution in [2.75, 3.05) is 6.79 Å². The summed E-state index contributed by atoms with van der Waals surface area (Å²) >= 11 is 0. The Bertz CT molecular complexity index is 380. The fourth-order valence-electron chi connectivity index (χ4n) is 1.65. The van der Waals surface area contributed by atoms with E-state index in [1.54, 1.807) is 0 Å². The zero-order valence-corrected chi connectivity index (χ0v) is 7.25. The van der Waals surface area contributed by atoms with Crippen molar-refractivity contribution in [3.63, 3.8) is 0 Å². The van der Waals surface area contributed by atoms with Crippen LogP contribution in [0.3, 0.4) is 0 Å². The minimum absolute atomic E-state index is 0.359. The predicted octanol–water partition coefficient (Wildman–Crippen LogP) is 2.59. The van der Waals surface area contributed by atoms with Gasteiger partial charge in [-0.15, -0.1) is 0 Å². The van der Waals surface area contributed by atoms with Crippen molar-refractivity contribution in [3.05, 3.63) is 29.8 Å². The van der Waals surface area contributed by atoms with Gasteiger partial charge in [-0.25, -0.2) is 0 Å². The summed E-state index contributed by atoms with van der Waals surface area (Å²) in [6, 6.07) is 6.14. The molecule has 1 heterocycles. The maximum Gasteiger partial charge on any atom is 0.231 e. The molecule has 1 aliphatic heterocycles. The number of hydrogen-bond acceptors (Lipinski definition) is 2. The lowest BCUT2D eigenvalue weighted by Gasteiger charge is -2.14. The minimum atomic E-state index is 0.359. The van der Waals surface area contributed by atoms with Gasteiger partial charge < -0.3 is 9.47 Å². The van der Waals surface area contributed by atoms with Gasteiger partial charge in [-0.05, 0) is 36.1 Å². The van der Waals surface area contributed by atoms with E-state index in [1.807, 2.05) is 6.07 Å². The van der Waals surface area contributed by atoms with Gasteiger partial charge in [-0.3, -0.25) is 0 Å². The molecule has 1 aromatic rings. The Labute approximate surface area is 76.8 Å². The number of ether oxygens (including phenoxy) is 2. The molecule has 0 bridgehead atoms. The highest BCUT2D eigenvalue weighted by Gasteiger charge is 2.15. The van der Waals surface area contributed by atoms with E-state index in [-0.39, 0.29) is 0 Å². The summed E-state index contributed by atoms with van der Waals surface area (Å²) in [5, 5.41) is 0. The van der Waals surface area contributed by atoms with Crippen LogP contribution in [0, 0.1) is 0 Å². The molecule has 0 radical (unpaired) electrons. The maximum absolute atomic E-state index is 5.31. The highest BCUT2D eigenvalue weighted by molar-refractivity contribution is 5.71. The SMILES string of the molecule is C1=C(c2ccc3c(c2)OCO3)CC1. The van der Waals surface area contributed by atoms with Crippen LogP contribution in [0.2, 0.25) is 0 Å². The fourth-order valence-corrected chi connectivity index (χ4v) is 1.65. The van der Waals surface area contributed by atoms with Crippen LogP contribution < -0.4 is 9.47 Å². The number of rotatable bonds is 1. The molecule has 13 heavy (non-hydrogen) atoms. The van der Waals surface area contributed by atoms with Gasteiger partial charge in [0.05, 0.1) is 0 Å². The van der Waals surface area contributed by atoms with E-state index in [2.05, 4.69) is 18.2 Å². The Kier molecular flexibility index (Phi) is 1.36. The van der Waals surface area contributed by atoms with E-state index in [4.69, 9.17) is 9.47 Å². The normalized spacial score (nSPS) is 18.0. The van der Waals surface area contributed by atoms with E-state index >= 15 is 0 Å². The second-order valence-electron chi connectivity index (χ2n) is 3.34. The van der Waals surface area contributed by atoms with Crippen molar-refractivity contribution < 1.29 is 9.47 Å². The van der Waals surface area contributed by atoms with Gasteiger partial charge in [0.1, 0.15) is 0 Å². The standard InChI is InChI=1S/C11H10O2/c1-2-8(3-1)9-4-5-10-11(6-9)13-7-12-10/h2,4-6H,1,3,7H2. The molecule has 0 saturated carbocycles. The van der Waals surface area contributed by atoms with Gasteiger partial charge in [0.15, 0.2) is 11.5 Å². The van der Waals surface area contributed by atoms with E-state index in [9.17, 15) is 0 Å². The van der Waals surface area contributed by atoms with Crippen LogP contribution in [0.25, 0.3) is 5.57 Å². The summed E-state index contributed by atoms with van der Waals surface area (Å²) in [5.74, 6) is 1.74. The number of allylic oxidation sites excluding steroid dienone is 2. The number of hydrogen-bond donors (Lipinski definition) is 0. The zero-order valence-electron chi connectivity index (χ0n) is 7.25. The Morgan fingerprint density at radius 1 is 1.08 bits per heavy atom. The molecule has 1 aromatic carbocycles. The minimum Gasteiger partial charge on any atom is -0.454 e. The molecule has 0 N–H and O–H groups in total. The van der Waals surface area contributed by atoms with Gasteiger partial charge >= 0.3 is 0 Å². The molecule has 0 spiro atoms. The molecule has 2 nitrogen and oxygen atoms in total. The Balaban J connectivity index is 2.04. The second-order valence-corrected chi connectivity index (χ2v) is 3.34. The molecule has 2 heteroatoms. The third kappa shape index (κ3) is 1.02. The number of benzene rings is 1. The van der Waals surface area contributed by atoms with Crippen LogP contribution in [-0.4, -0.2) is 6.79 Å². The fraction of sp³-hybridized carbons (Fsp3) is 0.273. The molecule has 2 aliphatic rings. The third-order valence-corrected chi connectivity index (χ3v) is 2.55. The van der Waals surface area contributed by atoms with Gasteiger partial charge in [0, 0.05) is 0 Å². The highest BCUT2D eigenvalue weighted by atomic mass is 16.7. The predicted molar refractivity (Wildman–Crippen MR) is 49.8 cm³/mol. The summed E-state index contributed by atoms with van der Waals surface area (Å²) in [6.45, 7) is 0.359. The van der Waals surface area contributed by atoms with Crippen LogP contribution >= 0.6 is 0 Å². The van der Waals surface area contributed by atoms with Crippen molar-refractivity contribution >= 4 is 5.57 Å². The third-order valence-electron chi connectivity index (χ3n) is 2.55. The maximum atomic E-state index is 5.31. The second kappa shape index (κ2) is 2.52. The lowest BCUT2D eigenvalue weighted by molar-refractivity contribution is 0.174. The summed E-state index contributed by atoms with van der Waals surface area (Å²) in [5.41, 5.74) is 2.70. The quantitative estimate of drug-likeness (QED) is 0.651. The van der Waals surface area contributed by atoms with Crippen molar-refractivity contribution in [3.8, 4) is 11.5 Å². The summed E-state index contributed by atoms with van der Waals surface area (Å²) in [6.07, 6.45) is 4.67. The van der Waals surface area contributed by atoms with Gasteiger partial charge in [-0.1, -0.05) is 12.1 Å². The van der Waals surface area contributed by atoms with Gasteiger partial charge in [0.25, 0.3) is 0 Å². The van der Waals surface area contributed by atoms with Crippen LogP contribution in [0.15, 0.2) is 24.3 Å². The smallest absolute Gasteiger partial charge is 0.231 e. The van der Waals surface area contributed by atoms with E-state index in [1.165, 1.54) is 24.0 Å². The average Bonchev–Trinajstić information content (AvgIpc) is 2.47. The van der Waals surface area contributed by atoms with E-state index in [0.29, 0.717) is 6.79 Å². The van der Waals surface area contributed by atoms with E-state index < -0.39 is 0 Å². The Morgan fingerprint density at radius 2 is 1.92 bits per heavy atom. The van der Waals surface area contributed by atoms with Gasteiger partial charge in [-0.2, -0.15) is 0 Å². The lowest BCUT2D eigenvalue weighted by atomic mass is 9.92. The van der Waals surface area contributed by atoms with Crippen LogP contribution in [0.5, 0.6) is 11.5 Å². The first-order valence-corrected chi connectivity index (χ1v) is 4.52. The molecule has 66 valence electrons. The van der Waals surface area contributed by atoms with Crippen molar-refractivity contribution in [1.82, 2.24) is 0 Å². The average molecular weight is 174 g/mol. The molecule has 0 fully saturated rings. The number of fused-ring (bicyclic) bond motifs is 1. The molecular weight excluding hydrogens is 164 g/mol. The first-order chi connectivity index (χ1) is 6.43. The molecule has 0 saturated heterocycles.